The van der Waals surface area contributed by atoms with E-state index in [4.69, 9.17) is 13.3 Å². The molecule has 0 bridgehead atoms. The van der Waals surface area contributed by atoms with Gasteiger partial charge in [-0.15, -0.1) is 0 Å². The zero-order valence-electron chi connectivity index (χ0n) is 20.2. The molecule has 0 heterocycles. The maximum absolute atomic E-state index is 10.0. The van der Waals surface area contributed by atoms with Crippen LogP contribution in [-0.4, -0.2) is 39.8 Å². The third-order valence-corrected chi connectivity index (χ3v) is 8.66. The summed E-state index contributed by atoms with van der Waals surface area (Å²) in [7, 11) is -2.43. The molecule has 1 atom stereocenters. The predicted octanol–water partition coefficient (Wildman–Crippen LogP) is 7.27. The molecule has 0 aliphatic rings. The minimum Gasteiger partial charge on any atom is -0.393 e. The van der Waals surface area contributed by atoms with Crippen LogP contribution in [0.2, 0.25) is 6.04 Å². The highest BCUT2D eigenvalue weighted by Crippen LogP contribution is 2.21. The second-order valence-corrected chi connectivity index (χ2v) is 10.9. The predicted molar refractivity (Wildman–Crippen MR) is 126 cm³/mol. The van der Waals surface area contributed by atoms with Crippen LogP contribution in [0.1, 0.15) is 124 Å². The molecule has 0 aromatic carbocycles. The second kappa shape index (κ2) is 21.3. The smallest absolute Gasteiger partial charge is 0.393 e. The van der Waals surface area contributed by atoms with Gasteiger partial charge in [0.05, 0.1) is 6.10 Å². The topological polar surface area (TPSA) is 47.9 Å². The molecule has 0 aromatic rings. The highest BCUT2D eigenvalue weighted by atomic mass is 28.4. The number of rotatable bonds is 23. The van der Waals surface area contributed by atoms with E-state index in [0.29, 0.717) is 19.8 Å². The van der Waals surface area contributed by atoms with Crippen molar-refractivity contribution in [1.29, 1.82) is 0 Å². The molecule has 0 radical (unpaired) electrons. The van der Waals surface area contributed by atoms with Crippen molar-refractivity contribution in [3.8, 4) is 0 Å². The molecule has 4 nitrogen and oxygen atoms in total. The van der Waals surface area contributed by atoms with Gasteiger partial charge in [0.2, 0.25) is 0 Å². The fraction of sp³-hybridized carbons (Fsp3) is 1.00. The van der Waals surface area contributed by atoms with Crippen LogP contribution in [0.3, 0.4) is 0 Å². The van der Waals surface area contributed by atoms with E-state index >= 15 is 0 Å². The fourth-order valence-electron chi connectivity index (χ4n) is 3.91. The molecule has 0 fully saturated rings. The Labute approximate surface area is 183 Å². The molecule has 0 saturated carbocycles. The van der Waals surface area contributed by atoms with E-state index in [9.17, 15) is 5.11 Å². The Hall–Kier alpha value is 0.0569. The van der Waals surface area contributed by atoms with Gasteiger partial charge in [0, 0.05) is 25.9 Å². The molecular formula is C24H52O4Si. The van der Waals surface area contributed by atoms with Crippen LogP contribution in [0.25, 0.3) is 0 Å². The summed E-state index contributed by atoms with van der Waals surface area (Å²) in [5.74, 6) is 0. The lowest BCUT2D eigenvalue weighted by Crippen LogP contribution is -2.45. The number of unbranched alkanes of at least 4 members (excludes halogenated alkanes) is 11. The molecule has 1 unspecified atom stereocenters. The lowest BCUT2D eigenvalue weighted by Gasteiger charge is -2.28. The molecule has 1 N–H and O–H groups in total. The summed E-state index contributed by atoms with van der Waals surface area (Å²) >= 11 is 0. The van der Waals surface area contributed by atoms with Crippen molar-refractivity contribution in [2.75, 3.05) is 19.8 Å². The van der Waals surface area contributed by atoms with Crippen LogP contribution >= 0.6 is 0 Å². The molecule has 176 valence electrons. The Morgan fingerprint density at radius 1 is 0.552 bits per heavy atom. The Bertz CT molecular complexity index is 311. The standard InChI is InChI=1S/C24H52O4Si/c1-5-9-10-18-21-24(25)22-19-16-14-12-11-13-15-17-20-23-29(26-6-2,27-7-3)28-8-4/h24-25H,5-23H2,1-4H3. The van der Waals surface area contributed by atoms with Crippen LogP contribution < -0.4 is 0 Å². The number of hydrogen-bond donors (Lipinski definition) is 1. The average molecular weight is 433 g/mol. The lowest BCUT2D eigenvalue weighted by atomic mass is 10.0. The summed E-state index contributed by atoms with van der Waals surface area (Å²) in [5.41, 5.74) is 0. The first-order valence-corrected chi connectivity index (χ1v) is 14.7. The van der Waals surface area contributed by atoms with Gasteiger partial charge in [-0.25, -0.2) is 0 Å². The van der Waals surface area contributed by atoms with Gasteiger partial charge < -0.3 is 18.4 Å². The van der Waals surface area contributed by atoms with Crippen LogP contribution in [0, 0.1) is 0 Å². The van der Waals surface area contributed by atoms with Crippen LogP contribution in [0.4, 0.5) is 0 Å². The number of hydrogen-bond acceptors (Lipinski definition) is 4. The van der Waals surface area contributed by atoms with Crippen molar-refractivity contribution in [3.63, 3.8) is 0 Å². The molecule has 0 rings (SSSR count). The summed E-state index contributed by atoms with van der Waals surface area (Å²) in [6.45, 7) is 10.3. The molecule has 5 heteroatoms. The summed E-state index contributed by atoms with van der Waals surface area (Å²) < 4.78 is 17.8. The van der Waals surface area contributed by atoms with Gasteiger partial charge in [-0.1, -0.05) is 84.0 Å². The van der Waals surface area contributed by atoms with E-state index in [1.165, 1.54) is 77.0 Å². The normalized spacial score (nSPS) is 13.1. The lowest BCUT2D eigenvalue weighted by molar-refractivity contribution is 0.0706. The van der Waals surface area contributed by atoms with Gasteiger partial charge in [0.25, 0.3) is 0 Å². The highest BCUT2D eigenvalue weighted by Gasteiger charge is 2.39. The van der Waals surface area contributed by atoms with Gasteiger partial charge in [-0.3, -0.25) is 0 Å². The Morgan fingerprint density at radius 3 is 1.34 bits per heavy atom. The summed E-state index contributed by atoms with van der Waals surface area (Å²) in [4.78, 5) is 0. The zero-order chi connectivity index (χ0) is 21.6. The first kappa shape index (κ1) is 29.1. The highest BCUT2D eigenvalue weighted by molar-refractivity contribution is 6.60. The third kappa shape index (κ3) is 17.4. The van der Waals surface area contributed by atoms with Crippen LogP contribution in [0.5, 0.6) is 0 Å². The Kier molecular flexibility index (Phi) is 21.3. The minimum atomic E-state index is -2.43. The molecule has 0 amide bonds. The molecule has 0 spiro atoms. The summed E-state index contributed by atoms with van der Waals surface area (Å²) in [6, 6.07) is 0.948. The second-order valence-electron chi connectivity index (χ2n) is 8.21. The van der Waals surface area contributed by atoms with Crippen molar-refractivity contribution < 1.29 is 18.4 Å². The SMILES string of the molecule is CCCCCCC(O)CCCCCCCCCCC[Si](OCC)(OCC)OCC. The van der Waals surface area contributed by atoms with Crippen LogP contribution in [-0.2, 0) is 13.3 Å². The quantitative estimate of drug-likeness (QED) is 0.136. The van der Waals surface area contributed by atoms with Gasteiger partial charge in [-0.05, 0) is 40.0 Å². The molecule has 0 aromatic heterocycles. The van der Waals surface area contributed by atoms with Gasteiger partial charge >= 0.3 is 8.80 Å². The van der Waals surface area contributed by atoms with Crippen molar-refractivity contribution >= 4 is 8.80 Å². The largest absolute Gasteiger partial charge is 0.500 e. The van der Waals surface area contributed by atoms with E-state index < -0.39 is 8.80 Å². The maximum atomic E-state index is 10.0. The van der Waals surface area contributed by atoms with Crippen molar-refractivity contribution in [2.24, 2.45) is 0 Å². The van der Waals surface area contributed by atoms with E-state index in [-0.39, 0.29) is 6.10 Å². The third-order valence-electron chi connectivity index (χ3n) is 5.50. The van der Waals surface area contributed by atoms with E-state index in [1.807, 2.05) is 20.8 Å². The minimum absolute atomic E-state index is 0.0624. The van der Waals surface area contributed by atoms with E-state index in [1.54, 1.807) is 0 Å². The van der Waals surface area contributed by atoms with E-state index in [0.717, 1.165) is 25.3 Å². The molecular weight excluding hydrogens is 380 g/mol. The maximum Gasteiger partial charge on any atom is 0.500 e. The first-order valence-electron chi connectivity index (χ1n) is 12.7. The van der Waals surface area contributed by atoms with Gasteiger partial charge in [0.1, 0.15) is 0 Å². The average Bonchev–Trinajstić information content (AvgIpc) is 2.70. The fourth-order valence-corrected chi connectivity index (χ4v) is 6.60. The summed E-state index contributed by atoms with van der Waals surface area (Å²) in [5, 5.41) is 10.0. The zero-order valence-corrected chi connectivity index (χ0v) is 21.2. The molecule has 0 aliphatic carbocycles. The Morgan fingerprint density at radius 2 is 0.931 bits per heavy atom. The van der Waals surface area contributed by atoms with Gasteiger partial charge in [-0.2, -0.15) is 0 Å². The molecule has 29 heavy (non-hydrogen) atoms. The van der Waals surface area contributed by atoms with Crippen LogP contribution in [0.15, 0.2) is 0 Å². The van der Waals surface area contributed by atoms with Crippen molar-refractivity contribution in [1.82, 2.24) is 0 Å². The van der Waals surface area contributed by atoms with Crippen molar-refractivity contribution in [3.05, 3.63) is 0 Å². The van der Waals surface area contributed by atoms with Gasteiger partial charge in [0.15, 0.2) is 0 Å². The summed E-state index contributed by atoms with van der Waals surface area (Å²) in [6.07, 6.45) is 18.4. The number of aliphatic hydroxyl groups excluding tert-OH is 1. The van der Waals surface area contributed by atoms with E-state index in [2.05, 4.69) is 6.92 Å². The molecule has 0 aliphatic heterocycles. The first-order chi connectivity index (χ1) is 14.1. The monoisotopic (exact) mass is 432 g/mol. The Balaban J connectivity index is 3.56. The number of aliphatic hydroxyl groups is 1. The van der Waals surface area contributed by atoms with Crippen molar-refractivity contribution in [2.45, 2.75) is 136 Å². The molecule has 0 saturated heterocycles.